The predicted octanol–water partition coefficient (Wildman–Crippen LogP) is 3.13. The number of carbonyl (C=O) groups is 1. The highest BCUT2D eigenvalue weighted by Crippen LogP contribution is 2.51. The molecule has 1 fully saturated rings. The van der Waals surface area contributed by atoms with E-state index in [1.54, 1.807) is 0 Å². The van der Waals surface area contributed by atoms with Crippen molar-refractivity contribution in [1.29, 1.82) is 0 Å². The lowest BCUT2D eigenvalue weighted by Crippen LogP contribution is -2.31. The fraction of sp³-hybridized carbons (Fsp3) is 0.583. The molecule has 3 heteroatoms. The van der Waals surface area contributed by atoms with Crippen LogP contribution in [0.4, 0.5) is 0 Å². The summed E-state index contributed by atoms with van der Waals surface area (Å²) in [6.07, 6.45) is 7.59. The normalized spacial score (nSPS) is 35.0. The summed E-state index contributed by atoms with van der Waals surface area (Å²) >= 11 is 6.35. The minimum absolute atomic E-state index is 0.0879. The second kappa shape index (κ2) is 5.80. The molecule has 0 bridgehead atoms. The number of thiol groups is 1. The fourth-order valence-electron chi connectivity index (χ4n) is 2.14. The number of hydrogen-bond acceptors (Lipinski definition) is 3. The first-order chi connectivity index (χ1) is 7.22. The molecule has 0 amide bonds. The van der Waals surface area contributed by atoms with Gasteiger partial charge in [0, 0.05) is 22.2 Å². The fourth-order valence-corrected chi connectivity index (χ4v) is 4.43. The molecule has 0 aromatic heterocycles. The highest BCUT2D eigenvalue weighted by atomic mass is 32.2. The summed E-state index contributed by atoms with van der Waals surface area (Å²) in [5.74, 6) is 1.25. The van der Waals surface area contributed by atoms with E-state index in [1.165, 1.54) is 0 Å². The maximum atomic E-state index is 10.5. The van der Waals surface area contributed by atoms with Gasteiger partial charge in [0.05, 0.1) is 0 Å². The van der Waals surface area contributed by atoms with Crippen LogP contribution >= 0.6 is 24.4 Å². The molecular weight excluding hydrogens is 224 g/mol. The van der Waals surface area contributed by atoms with Crippen LogP contribution in [0.5, 0.6) is 0 Å². The lowest BCUT2D eigenvalue weighted by Gasteiger charge is -2.31. The van der Waals surface area contributed by atoms with Crippen molar-refractivity contribution < 1.29 is 4.79 Å². The third kappa shape index (κ3) is 2.70. The molecule has 2 unspecified atom stereocenters. The molecule has 1 aliphatic rings. The quantitative estimate of drug-likeness (QED) is 0.438. The van der Waals surface area contributed by atoms with Crippen molar-refractivity contribution >= 4 is 30.7 Å². The standard InChI is InChI=1S/C12H18OS2/c1-3-10-8-11(4-2)15-12(10,9-14)6-5-7-13/h3-4,7,10-11,14H,1-2,5-6,8-9H2/t10?,11?,12-/m1/s1. The van der Waals surface area contributed by atoms with Crippen LogP contribution in [-0.2, 0) is 4.79 Å². The summed E-state index contributed by atoms with van der Waals surface area (Å²) in [4.78, 5) is 10.5. The van der Waals surface area contributed by atoms with Crippen LogP contribution in [0.2, 0.25) is 0 Å². The highest BCUT2D eigenvalue weighted by molar-refractivity contribution is 8.02. The number of allylic oxidation sites excluding steroid dienone is 1. The van der Waals surface area contributed by atoms with Crippen LogP contribution in [0.3, 0.4) is 0 Å². The molecule has 15 heavy (non-hydrogen) atoms. The van der Waals surface area contributed by atoms with Crippen molar-refractivity contribution in [3.8, 4) is 0 Å². The molecule has 3 atom stereocenters. The Morgan fingerprint density at radius 1 is 1.47 bits per heavy atom. The lowest BCUT2D eigenvalue weighted by molar-refractivity contribution is -0.108. The summed E-state index contributed by atoms with van der Waals surface area (Å²) in [7, 11) is 0. The minimum Gasteiger partial charge on any atom is -0.303 e. The molecule has 0 radical (unpaired) electrons. The van der Waals surface area contributed by atoms with E-state index in [-0.39, 0.29) is 4.75 Å². The van der Waals surface area contributed by atoms with Crippen LogP contribution in [-0.4, -0.2) is 22.0 Å². The van der Waals surface area contributed by atoms with E-state index < -0.39 is 0 Å². The van der Waals surface area contributed by atoms with Gasteiger partial charge < -0.3 is 4.79 Å². The van der Waals surface area contributed by atoms with E-state index in [0.717, 1.165) is 24.9 Å². The van der Waals surface area contributed by atoms with Crippen molar-refractivity contribution in [3.05, 3.63) is 25.3 Å². The van der Waals surface area contributed by atoms with Crippen LogP contribution in [0.15, 0.2) is 25.3 Å². The van der Waals surface area contributed by atoms with Gasteiger partial charge in [0.1, 0.15) is 6.29 Å². The number of thioether (sulfide) groups is 1. The van der Waals surface area contributed by atoms with E-state index in [1.807, 2.05) is 23.9 Å². The first-order valence-electron chi connectivity index (χ1n) is 5.20. The zero-order valence-electron chi connectivity index (χ0n) is 8.89. The van der Waals surface area contributed by atoms with Crippen LogP contribution in [0, 0.1) is 5.92 Å². The van der Waals surface area contributed by atoms with Gasteiger partial charge in [0.15, 0.2) is 0 Å². The summed E-state index contributed by atoms with van der Waals surface area (Å²) < 4.78 is 0.0879. The first kappa shape index (κ1) is 12.9. The van der Waals surface area contributed by atoms with Crippen molar-refractivity contribution in [3.63, 3.8) is 0 Å². The highest BCUT2D eigenvalue weighted by Gasteiger charge is 2.44. The van der Waals surface area contributed by atoms with Crippen LogP contribution < -0.4 is 0 Å². The predicted molar refractivity (Wildman–Crippen MR) is 71.8 cm³/mol. The van der Waals surface area contributed by atoms with Gasteiger partial charge in [0.25, 0.3) is 0 Å². The molecule has 0 saturated carbocycles. The van der Waals surface area contributed by atoms with Gasteiger partial charge in [-0.25, -0.2) is 0 Å². The molecule has 1 rings (SSSR count). The second-order valence-corrected chi connectivity index (χ2v) is 5.87. The SMILES string of the molecule is C=CC1CC(C=C)[C@](CS)(CCC=O)S1. The largest absolute Gasteiger partial charge is 0.303 e. The Kier molecular flexibility index (Phi) is 5.00. The van der Waals surface area contributed by atoms with E-state index in [2.05, 4.69) is 25.8 Å². The Balaban J connectivity index is 2.79. The Bertz CT molecular complexity index is 252. The van der Waals surface area contributed by atoms with Gasteiger partial charge in [-0.1, -0.05) is 12.2 Å². The first-order valence-corrected chi connectivity index (χ1v) is 6.71. The molecule has 84 valence electrons. The molecule has 0 spiro atoms. The number of rotatable bonds is 6. The van der Waals surface area contributed by atoms with E-state index in [0.29, 0.717) is 17.6 Å². The topological polar surface area (TPSA) is 17.1 Å². The Morgan fingerprint density at radius 3 is 2.67 bits per heavy atom. The third-order valence-electron chi connectivity index (χ3n) is 3.05. The van der Waals surface area contributed by atoms with E-state index in [9.17, 15) is 4.79 Å². The Morgan fingerprint density at radius 2 is 2.20 bits per heavy atom. The van der Waals surface area contributed by atoms with Gasteiger partial charge in [-0.2, -0.15) is 12.6 Å². The average Bonchev–Trinajstić information content (AvgIpc) is 2.65. The van der Waals surface area contributed by atoms with Gasteiger partial charge in [0.2, 0.25) is 0 Å². The smallest absolute Gasteiger partial charge is 0.120 e. The third-order valence-corrected chi connectivity index (χ3v) is 5.64. The molecular formula is C12H18OS2. The van der Waals surface area contributed by atoms with Crippen LogP contribution in [0.25, 0.3) is 0 Å². The average molecular weight is 242 g/mol. The van der Waals surface area contributed by atoms with Crippen molar-refractivity contribution in [2.45, 2.75) is 29.3 Å². The van der Waals surface area contributed by atoms with Crippen LogP contribution in [0.1, 0.15) is 19.3 Å². The summed E-state index contributed by atoms with van der Waals surface area (Å²) in [6.45, 7) is 7.73. The van der Waals surface area contributed by atoms with Gasteiger partial charge in [-0.15, -0.1) is 24.9 Å². The molecule has 0 aromatic carbocycles. The van der Waals surface area contributed by atoms with E-state index in [4.69, 9.17) is 0 Å². The maximum Gasteiger partial charge on any atom is 0.120 e. The molecule has 1 heterocycles. The molecule has 1 saturated heterocycles. The summed E-state index contributed by atoms with van der Waals surface area (Å²) in [5.41, 5.74) is 0. The van der Waals surface area contributed by atoms with Crippen molar-refractivity contribution in [2.75, 3.05) is 5.75 Å². The minimum atomic E-state index is 0.0879. The Labute approximate surface area is 102 Å². The summed E-state index contributed by atoms with van der Waals surface area (Å²) in [6, 6.07) is 0. The molecule has 0 N–H and O–H groups in total. The van der Waals surface area contributed by atoms with Crippen molar-refractivity contribution in [1.82, 2.24) is 0 Å². The number of hydrogen-bond donors (Lipinski definition) is 1. The molecule has 0 aliphatic carbocycles. The number of carbonyl (C=O) groups excluding carboxylic acids is 1. The number of aldehydes is 1. The molecule has 1 nitrogen and oxygen atoms in total. The Hall–Kier alpha value is -0.150. The van der Waals surface area contributed by atoms with Gasteiger partial charge in [-0.05, 0) is 18.8 Å². The maximum absolute atomic E-state index is 10.5. The summed E-state index contributed by atoms with van der Waals surface area (Å²) in [5, 5.41) is 0.479. The van der Waals surface area contributed by atoms with Gasteiger partial charge >= 0.3 is 0 Å². The zero-order valence-corrected chi connectivity index (χ0v) is 10.6. The zero-order chi connectivity index (χ0) is 11.3. The molecule has 1 aliphatic heterocycles. The van der Waals surface area contributed by atoms with E-state index >= 15 is 0 Å². The monoisotopic (exact) mass is 242 g/mol. The lowest BCUT2D eigenvalue weighted by atomic mass is 9.86. The second-order valence-electron chi connectivity index (χ2n) is 3.90. The van der Waals surface area contributed by atoms with Crippen molar-refractivity contribution in [2.24, 2.45) is 5.92 Å². The molecule has 0 aromatic rings. The van der Waals surface area contributed by atoms with Gasteiger partial charge in [-0.3, -0.25) is 0 Å².